The number of amides is 1. The molecule has 4 heteroatoms. The van der Waals surface area contributed by atoms with E-state index in [-0.39, 0.29) is 0 Å². The zero-order chi connectivity index (χ0) is 9.68. The van der Waals surface area contributed by atoms with Crippen molar-refractivity contribution in [3.63, 3.8) is 0 Å². The Morgan fingerprint density at radius 2 is 2.08 bits per heavy atom. The molecule has 1 rings (SSSR count). The second-order valence-electron chi connectivity index (χ2n) is 2.31. The number of hydroxylamine groups is 1. The number of para-hydroxylation sites is 1. The van der Waals surface area contributed by atoms with E-state index < -0.39 is 5.24 Å². The fourth-order valence-electron chi connectivity index (χ4n) is 0.925. The molecule has 0 bridgehead atoms. The molecule has 13 heavy (non-hydrogen) atoms. The molecule has 0 fully saturated rings. The molecule has 0 aliphatic carbocycles. The van der Waals surface area contributed by atoms with Crippen molar-refractivity contribution < 1.29 is 9.63 Å². The summed E-state index contributed by atoms with van der Waals surface area (Å²) in [5, 5.41) is 0.572. The lowest BCUT2D eigenvalue weighted by Crippen LogP contribution is -2.25. The van der Waals surface area contributed by atoms with Crippen LogP contribution in [-0.4, -0.2) is 11.8 Å². The fourth-order valence-corrected chi connectivity index (χ4v) is 1.08. The fraction of sp³-hybridized carbons (Fsp3) is 0.222. The average Bonchev–Trinajstić information content (AvgIpc) is 2.15. The minimum atomic E-state index is -0.534. The van der Waals surface area contributed by atoms with Gasteiger partial charge in [-0.1, -0.05) is 18.2 Å². The summed E-state index contributed by atoms with van der Waals surface area (Å²) in [5.41, 5.74) is 0.657. The van der Waals surface area contributed by atoms with E-state index in [0.717, 1.165) is 5.06 Å². The normalized spacial score (nSPS) is 9.62. The van der Waals surface area contributed by atoms with Crippen molar-refractivity contribution >= 4 is 23.6 Å². The van der Waals surface area contributed by atoms with Crippen molar-refractivity contribution in [1.82, 2.24) is 0 Å². The molecule has 0 aliphatic rings. The molecule has 0 aliphatic heterocycles. The lowest BCUT2D eigenvalue weighted by atomic mass is 10.3. The van der Waals surface area contributed by atoms with E-state index >= 15 is 0 Å². The Morgan fingerprint density at radius 1 is 1.46 bits per heavy atom. The van der Waals surface area contributed by atoms with E-state index in [4.69, 9.17) is 4.84 Å². The first-order valence-electron chi connectivity index (χ1n) is 3.94. The Labute approximate surface area is 82.7 Å². The second-order valence-corrected chi connectivity index (χ2v) is 2.66. The molecule has 0 heterocycles. The summed E-state index contributed by atoms with van der Waals surface area (Å²) >= 11 is 4.51. The lowest BCUT2D eigenvalue weighted by molar-refractivity contribution is 0.137. The van der Waals surface area contributed by atoms with E-state index in [0.29, 0.717) is 12.3 Å². The number of rotatable bonds is 3. The standard InChI is InChI=1S/C9H10NO2S/c1-2-12-10(9(11)13)8-6-4-3-5-7-8/h3-7H,2H2,1H3. The van der Waals surface area contributed by atoms with Gasteiger partial charge in [0.25, 0.3) is 0 Å². The highest BCUT2D eigenvalue weighted by Crippen LogP contribution is 2.15. The van der Waals surface area contributed by atoms with Gasteiger partial charge in [-0.25, -0.2) is 0 Å². The molecule has 1 aromatic carbocycles. The monoisotopic (exact) mass is 196 g/mol. The van der Waals surface area contributed by atoms with Crippen LogP contribution < -0.4 is 5.06 Å². The number of carbonyl (C=O) groups excluding carboxylic acids is 1. The molecule has 1 aromatic rings. The molecule has 0 unspecified atom stereocenters. The van der Waals surface area contributed by atoms with Gasteiger partial charge in [0.2, 0.25) is 0 Å². The third-order valence-corrected chi connectivity index (χ3v) is 1.58. The van der Waals surface area contributed by atoms with Crippen LogP contribution in [0.3, 0.4) is 0 Å². The summed E-state index contributed by atoms with van der Waals surface area (Å²) in [4.78, 5) is 16.0. The highest BCUT2D eigenvalue weighted by atomic mass is 32.1. The van der Waals surface area contributed by atoms with E-state index in [2.05, 4.69) is 12.6 Å². The van der Waals surface area contributed by atoms with Crippen LogP contribution in [0.25, 0.3) is 0 Å². The van der Waals surface area contributed by atoms with E-state index in [1.54, 1.807) is 19.1 Å². The quantitative estimate of drug-likeness (QED) is 0.696. The van der Waals surface area contributed by atoms with E-state index in [9.17, 15) is 4.79 Å². The van der Waals surface area contributed by atoms with Crippen molar-refractivity contribution in [1.29, 1.82) is 0 Å². The van der Waals surface area contributed by atoms with Gasteiger partial charge in [0, 0.05) is 0 Å². The zero-order valence-corrected chi connectivity index (χ0v) is 8.08. The van der Waals surface area contributed by atoms with Gasteiger partial charge in [0.05, 0.1) is 12.3 Å². The van der Waals surface area contributed by atoms with Gasteiger partial charge < -0.3 is 0 Å². The number of hydrogen-bond donors (Lipinski definition) is 0. The maximum atomic E-state index is 11.0. The Bertz CT molecular complexity index is 276. The van der Waals surface area contributed by atoms with Crippen LogP contribution in [0, 0.1) is 0 Å². The Hall–Kier alpha value is -1.13. The van der Waals surface area contributed by atoms with Crippen molar-refractivity contribution in [2.45, 2.75) is 6.92 Å². The first-order chi connectivity index (χ1) is 6.25. The zero-order valence-electron chi connectivity index (χ0n) is 7.27. The van der Waals surface area contributed by atoms with Crippen LogP contribution in [0.4, 0.5) is 10.5 Å². The Kier molecular flexibility index (Phi) is 3.67. The summed E-state index contributed by atoms with van der Waals surface area (Å²) in [7, 11) is 0. The molecular formula is C9H10NO2S. The molecular weight excluding hydrogens is 186 g/mol. The number of hydrogen-bond acceptors (Lipinski definition) is 2. The van der Waals surface area contributed by atoms with Crippen LogP contribution in [0.2, 0.25) is 0 Å². The molecule has 1 amide bonds. The summed E-state index contributed by atoms with van der Waals surface area (Å²) in [6.07, 6.45) is 0. The van der Waals surface area contributed by atoms with Gasteiger partial charge in [-0.3, -0.25) is 9.63 Å². The summed E-state index contributed by atoms with van der Waals surface area (Å²) in [6, 6.07) is 9.03. The van der Waals surface area contributed by atoms with Gasteiger partial charge in [-0.15, -0.1) is 0 Å². The highest BCUT2D eigenvalue weighted by Gasteiger charge is 2.12. The van der Waals surface area contributed by atoms with Crippen molar-refractivity contribution in [2.24, 2.45) is 0 Å². The number of carbonyl (C=O) groups is 1. The minimum Gasteiger partial charge on any atom is -0.265 e. The summed E-state index contributed by atoms with van der Waals surface area (Å²) < 4.78 is 0. The molecule has 0 atom stereocenters. The van der Waals surface area contributed by atoms with Crippen LogP contribution >= 0.6 is 12.6 Å². The molecule has 0 spiro atoms. The number of anilines is 1. The number of nitrogens with zero attached hydrogens (tertiary/aromatic N) is 1. The predicted octanol–water partition coefficient (Wildman–Crippen LogP) is 2.76. The van der Waals surface area contributed by atoms with Gasteiger partial charge in [0.1, 0.15) is 0 Å². The number of benzene rings is 1. The van der Waals surface area contributed by atoms with Crippen LogP contribution in [0.1, 0.15) is 6.92 Å². The Morgan fingerprint density at radius 3 is 2.54 bits per heavy atom. The molecule has 1 radical (unpaired) electrons. The van der Waals surface area contributed by atoms with Gasteiger partial charge in [0.15, 0.2) is 0 Å². The molecule has 3 nitrogen and oxygen atoms in total. The smallest absolute Gasteiger partial charge is 0.265 e. The molecule has 0 aromatic heterocycles. The van der Waals surface area contributed by atoms with Crippen molar-refractivity contribution in [3.8, 4) is 0 Å². The van der Waals surface area contributed by atoms with Crippen molar-refractivity contribution in [2.75, 3.05) is 11.7 Å². The molecule has 0 saturated heterocycles. The third-order valence-electron chi connectivity index (χ3n) is 1.41. The van der Waals surface area contributed by atoms with E-state index in [1.165, 1.54) is 0 Å². The highest BCUT2D eigenvalue weighted by molar-refractivity contribution is 7.96. The van der Waals surface area contributed by atoms with Gasteiger partial charge >= 0.3 is 5.24 Å². The maximum Gasteiger partial charge on any atom is 0.341 e. The van der Waals surface area contributed by atoms with Crippen LogP contribution in [0.15, 0.2) is 30.3 Å². The minimum absolute atomic E-state index is 0.414. The maximum absolute atomic E-state index is 11.0. The predicted molar refractivity (Wildman–Crippen MR) is 53.5 cm³/mol. The summed E-state index contributed by atoms with van der Waals surface area (Å²) in [6.45, 7) is 2.21. The largest absolute Gasteiger partial charge is 0.341 e. The lowest BCUT2D eigenvalue weighted by Gasteiger charge is -2.17. The molecule has 69 valence electrons. The van der Waals surface area contributed by atoms with Gasteiger partial charge in [-0.2, -0.15) is 5.06 Å². The SMILES string of the molecule is CCON(C(=O)[S])c1ccccc1. The molecule has 0 N–H and O–H groups in total. The third kappa shape index (κ3) is 2.68. The van der Waals surface area contributed by atoms with Crippen molar-refractivity contribution in [3.05, 3.63) is 30.3 Å². The molecule has 0 saturated carbocycles. The topological polar surface area (TPSA) is 29.5 Å². The summed E-state index contributed by atoms with van der Waals surface area (Å²) in [5.74, 6) is 0. The van der Waals surface area contributed by atoms with E-state index in [1.807, 2.05) is 18.2 Å². The second kappa shape index (κ2) is 4.79. The average molecular weight is 196 g/mol. The first kappa shape index (κ1) is 9.95. The van der Waals surface area contributed by atoms with Crippen LogP contribution in [-0.2, 0) is 4.84 Å². The van der Waals surface area contributed by atoms with Gasteiger partial charge in [-0.05, 0) is 31.7 Å². The first-order valence-corrected chi connectivity index (χ1v) is 4.35. The van der Waals surface area contributed by atoms with Crippen LogP contribution in [0.5, 0.6) is 0 Å². The Balaban J connectivity index is 2.82.